The van der Waals surface area contributed by atoms with Crippen molar-refractivity contribution < 1.29 is 14.4 Å². The summed E-state index contributed by atoms with van der Waals surface area (Å²) in [6.45, 7) is 2.15. The molecule has 17 heavy (non-hydrogen) atoms. The van der Waals surface area contributed by atoms with E-state index in [0.29, 0.717) is 13.0 Å². The zero-order chi connectivity index (χ0) is 12.7. The summed E-state index contributed by atoms with van der Waals surface area (Å²) in [7, 11) is 0. The van der Waals surface area contributed by atoms with Crippen LogP contribution in [0.5, 0.6) is 0 Å². The Bertz CT molecular complexity index is 304. The van der Waals surface area contributed by atoms with Crippen molar-refractivity contribution >= 4 is 17.7 Å². The van der Waals surface area contributed by atoms with Gasteiger partial charge in [0.15, 0.2) is 0 Å². The van der Waals surface area contributed by atoms with Crippen LogP contribution in [0.2, 0.25) is 0 Å². The van der Waals surface area contributed by atoms with Gasteiger partial charge in [-0.05, 0) is 19.8 Å². The third kappa shape index (κ3) is 5.33. The van der Waals surface area contributed by atoms with E-state index in [1.54, 1.807) is 6.92 Å². The molecular formula is C11H19N3O3. The highest BCUT2D eigenvalue weighted by molar-refractivity contribution is 5.90. The van der Waals surface area contributed by atoms with E-state index in [1.807, 2.05) is 0 Å². The number of hydrogen-bond donors (Lipinski definition) is 3. The third-order valence-corrected chi connectivity index (χ3v) is 2.60. The largest absolute Gasteiger partial charge is 0.355 e. The average molecular weight is 241 g/mol. The molecule has 3 N–H and O–H groups in total. The number of carbonyl (C=O) groups is 3. The maximum Gasteiger partial charge on any atom is 0.242 e. The highest BCUT2D eigenvalue weighted by atomic mass is 16.2. The highest BCUT2D eigenvalue weighted by Crippen LogP contribution is 2.00. The molecule has 0 spiro atoms. The molecule has 0 aromatic carbocycles. The second kappa shape index (κ2) is 6.88. The van der Waals surface area contributed by atoms with E-state index in [2.05, 4.69) is 16.0 Å². The van der Waals surface area contributed by atoms with Crippen molar-refractivity contribution in [3.8, 4) is 0 Å². The summed E-state index contributed by atoms with van der Waals surface area (Å²) in [6.07, 6.45) is 2.94. The van der Waals surface area contributed by atoms with E-state index >= 15 is 0 Å². The van der Waals surface area contributed by atoms with Gasteiger partial charge in [-0.25, -0.2) is 0 Å². The fourth-order valence-corrected chi connectivity index (χ4v) is 1.58. The minimum atomic E-state index is -0.601. The van der Waals surface area contributed by atoms with Crippen molar-refractivity contribution in [1.29, 1.82) is 0 Å². The first-order valence-electron chi connectivity index (χ1n) is 5.93. The van der Waals surface area contributed by atoms with Crippen LogP contribution < -0.4 is 16.0 Å². The average Bonchev–Trinajstić information content (AvgIpc) is 2.30. The van der Waals surface area contributed by atoms with Crippen molar-refractivity contribution in [3.05, 3.63) is 0 Å². The summed E-state index contributed by atoms with van der Waals surface area (Å²) in [5.74, 6) is -0.657. The molecule has 1 saturated heterocycles. The van der Waals surface area contributed by atoms with Crippen LogP contribution in [0.1, 0.15) is 32.6 Å². The lowest BCUT2D eigenvalue weighted by Gasteiger charge is -2.13. The molecule has 1 aliphatic rings. The number of hydrogen-bond acceptors (Lipinski definition) is 3. The Morgan fingerprint density at radius 3 is 2.53 bits per heavy atom. The smallest absolute Gasteiger partial charge is 0.242 e. The molecular weight excluding hydrogens is 222 g/mol. The molecule has 1 atom stereocenters. The molecule has 6 nitrogen and oxygen atoms in total. The maximum absolute atomic E-state index is 11.5. The molecule has 0 bridgehead atoms. The summed E-state index contributed by atoms with van der Waals surface area (Å²) in [5.41, 5.74) is 0. The monoisotopic (exact) mass is 241 g/mol. The van der Waals surface area contributed by atoms with E-state index < -0.39 is 6.04 Å². The first-order chi connectivity index (χ1) is 8.09. The zero-order valence-electron chi connectivity index (χ0n) is 10.0. The molecule has 1 fully saturated rings. The Morgan fingerprint density at radius 1 is 1.00 bits per heavy atom. The van der Waals surface area contributed by atoms with Crippen LogP contribution in [0.3, 0.4) is 0 Å². The first-order valence-corrected chi connectivity index (χ1v) is 5.93. The zero-order valence-corrected chi connectivity index (χ0v) is 10.0. The number of rotatable bonds is 0. The van der Waals surface area contributed by atoms with Gasteiger partial charge in [0.2, 0.25) is 17.7 Å². The molecule has 0 saturated carbocycles. The Morgan fingerprint density at radius 2 is 1.76 bits per heavy atom. The van der Waals surface area contributed by atoms with E-state index in [9.17, 15) is 14.4 Å². The molecule has 3 amide bonds. The second-order valence-corrected chi connectivity index (χ2v) is 4.17. The Hall–Kier alpha value is -1.59. The highest BCUT2D eigenvalue weighted by Gasteiger charge is 2.16. The van der Waals surface area contributed by atoms with Crippen molar-refractivity contribution in [3.63, 3.8) is 0 Å². The van der Waals surface area contributed by atoms with Crippen LogP contribution >= 0.6 is 0 Å². The SMILES string of the molecule is C[C@@H]1NC(=O)CCCCCNC(=O)CNC1=O. The second-order valence-electron chi connectivity index (χ2n) is 4.17. The Labute approximate surface area is 101 Å². The topological polar surface area (TPSA) is 87.3 Å². The number of nitrogens with one attached hydrogen (secondary N) is 3. The third-order valence-electron chi connectivity index (χ3n) is 2.60. The van der Waals surface area contributed by atoms with Gasteiger partial charge in [-0.3, -0.25) is 14.4 Å². The van der Waals surface area contributed by atoms with E-state index in [4.69, 9.17) is 0 Å². The fraction of sp³-hybridized carbons (Fsp3) is 0.727. The van der Waals surface area contributed by atoms with E-state index in [-0.39, 0.29) is 24.3 Å². The van der Waals surface area contributed by atoms with Crippen molar-refractivity contribution in [1.82, 2.24) is 16.0 Å². The lowest BCUT2D eigenvalue weighted by molar-refractivity contribution is -0.129. The van der Waals surface area contributed by atoms with Gasteiger partial charge >= 0.3 is 0 Å². The van der Waals surface area contributed by atoms with Gasteiger partial charge in [-0.2, -0.15) is 0 Å². The summed E-state index contributed by atoms with van der Waals surface area (Å²) in [6, 6.07) is -0.601. The van der Waals surface area contributed by atoms with Gasteiger partial charge in [-0.1, -0.05) is 6.42 Å². The fourth-order valence-electron chi connectivity index (χ4n) is 1.58. The maximum atomic E-state index is 11.5. The summed E-state index contributed by atoms with van der Waals surface area (Å²) < 4.78 is 0. The van der Waals surface area contributed by atoms with Crippen molar-refractivity contribution in [2.24, 2.45) is 0 Å². The molecule has 6 heteroatoms. The normalized spacial score (nSPS) is 24.5. The van der Waals surface area contributed by atoms with Crippen molar-refractivity contribution in [2.75, 3.05) is 13.1 Å². The minimum absolute atomic E-state index is 0.0426. The summed E-state index contributed by atoms with van der Waals surface area (Å²) in [4.78, 5) is 34.2. The molecule has 0 aliphatic carbocycles. The standard InChI is InChI=1S/C11H19N3O3/c1-8-11(17)13-7-10(16)12-6-4-2-3-5-9(15)14-8/h8H,2-7H2,1H3,(H,12,16)(H,13,17)(H,14,15)/t8-/m0/s1. The molecule has 1 rings (SSSR count). The molecule has 1 aliphatic heterocycles. The van der Waals surface area contributed by atoms with Gasteiger partial charge in [0.05, 0.1) is 6.54 Å². The Kier molecular flexibility index (Phi) is 5.45. The lowest BCUT2D eigenvalue weighted by atomic mass is 10.2. The predicted octanol–water partition coefficient (Wildman–Crippen LogP) is -0.702. The molecule has 0 unspecified atom stereocenters. The van der Waals surface area contributed by atoms with Gasteiger partial charge < -0.3 is 16.0 Å². The molecule has 96 valence electrons. The van der Waals surface area contributed by atoms with Gasteiger partial charge in [-0.15, -0.1) is 0 Å². The molecule has 1 heterocycles. The quantitative estimate of drug-likeness (QED) is 0.524. The van der Waals surface area contributed by atoms with Gasteiger partial charge in [0, 0.05) is 13.0 Å². The van der Waals surface area contributed by atoms with Crippen LogP contribution in [0.15, 0.2) is 0 Å². The molecule has 0 aromatic rings. The summed E-state index contributed by atoms with van der Waals surface area (Å²) in [5, 5.41) is 7.78. The van der Waals surface area contributed by atoms with E-state index in [0.717, 1.165) is 19.3 Å². The van der Waals surface area contributed by atoms with Crippen LogP contribution in [-0.2, 0) is 14.4 Å². The molecule has 0 radical (unpaired) electrons. The van der Waals surface area contributed by atoms with Crippen molar-refractivity contribution in [2.45, 2.75) is 38.6 Å². The van der Waals surface area contributed by atoms with Gasteiger partial charge in [0.25, 0.3) is 0 Å². The van der Waals surface area contributed by atoms with Crippen LogP contribution in [0.25, 0.3) is 0 Å². The first kappa shape index (κ1) is 13.5. The van der Waals surface area contributed by atoms with Crippen LogP contribution in [0.4, 0.5) is 0 Å². The van der Waals surface area contributed by atoms with Gasteiger partial charge in [0.1, 0.15) is 6.04 Å². The predicted molar refractivity (Wildman–Crippen MR) is 62.1 cm³/mol. The lowest BCUT2D eigenvalue weighted by Crippen LogP contribution is -2.47. The summed E-state index contributed by atoms with van der Waals surface area (Å²) >= 11 is 0. The Balaban J connectivity index is 2.52. The number of amides is 3. The number of carbonyl (C=O) groups excluding carboxylic acids is 3. The van der Waals surface area contributed by atoms with Crippen LogP contribution in [0, 0.1) is 0 Å². The molecule has 0 aromatic heterocycles. The van der Waals surface area contributed by atoms with Crippen LogP contribution in [-0.4, -0.2) is 36.9 Å². The van der Waals surface area contributed by atoms with E-state index in [1.165, 1.54) is 0 Å². The minimum Gasteiger partial charge on any atom is -0.355 e.